The maximum absolute atomic E-state index is 13.0. The van der Waals surface area contributed by atoms with Crippen LogP contribution in [0.2, 0.25) is 0 Å². The maximum Gasteiger partial charge on any atom is 0.239 e. The van der Waals surface area contributed by atoms with E-state index < -0.39 is 5.82 Å². The number of ether oxygens (including phenoxy) is 1. The topological polar surface area (TPSA) is 58.6 Å². The lowest BCUT2D eigenvalue weighted by Gasteiger charge is -2.20. The van der Waals surface area contributed by atoms with E-state index in [1.807, 2.05) is 0 Å². The number of halogens is 1. The summed E-state index contributed by atoms with van der Waals surface area (Å²) in [6.07, 6.45) is 0.567. The molecule has 1 rings (SSSR count). The summed E-state index contributed by atoms with van der Waals surface area (Å²) in [4.78, 5) is 24.1. The van der Waals surface area contributed by atoms with Gasteiger partial charge in [0.05, 0.1) is 13.2 Å². The lowest BCUT2D eigenvalue weighted by atomic mass is 10.1. The van der Waals surface area contributed by atoms with Crippen LogP contribution in [0.3, 0.4) is 0 Å². The molecule has 0 bridgehead atoms. The van der Waals surface area contributed by atoms with Crippen molar-refractivity contribution < 1.29 is 18.7 Å². The highest BCUT2D eigenvalue weighted by Crippen LogP contribution is 2.18. The number of methoxy groups -OCH3 is 1. The van der Waals surface area contributed by atoms with Crippen LogP contribution in [-0.4, -0.2) is 46.0 Å². The highest BCUT2D eigenvalue weighted by Gasteiger charge is 2.11. The quantitative estimate of drug-likeness (QED) is 0.588. The van der Waals surface area contributed by atoms with Gasteiger partial charge >= 0.3 is 0 Å². The molecule has 0 aliphatic rings. The molecule has 0 saturated carbocycles. The van der Waals surface area contributed by atoms with Crippen LogP contribution in [-0.2, 0) is 9.53 Å². The number of hydrogen-bond acceptors (Lipinski definition) is 4. The van der Waals surface area contributed by atoms with E-state index >= 15 is 0 Å². The van der Waals surface area contributed by atoms with Crippen LogP contribution in [0.5, 0.6) is 0 Å². The molecule has 19 heavy (non-hydrogen) atoms. The first-order chi connectivity index (χ1) is 9.08. The van der Waals surface area contributed by atoms with Crippen molar-refractivity contribution in [3.05, 3.63) is 29.6 Å². The third-order valence-electron chi connectivity index (χ3n) is 2.54. The summed E-state index contributed by atoms with van der Waals surface area (Å²) < 4.78 is 17.8. The lowest BCUT2D eigenvalue weighted by Crippen LogP contribution is -2.37. The normalized spacial score (nSPS) is 10.1. The Labute approximate surface area is 111 Å². The first-order valence-electron chi connectivity index (χ1n) is 5.80. The van der Waals surface area contributed by atoms with Gasteiger partial charge in [0.25, 0.3) is 0 Å². The molecule has 1 amide bonds. The number of rotatable bonds is 7. The number of amides is 1. The molecule has 0 radical (unpaired) electrons. The molecule has 1 N–H and O–H groups in total. The van der Waals surface area contributed by atoms with Gasteiger partial charge in [-0.3, -0.25) is 9.59 Å². The zero-order chi connectivity index (χ0) is 14.3. The van der Waals surface area contributed by atoms with Crippen molar-refractivity contribution >= 4 is 17.9 Å². The predicted molar refractivity (Wildman–Crippen MR) is 69.9 cm³/mol. The van der Waals surface area contributed by atoms with Gasteiger partial charge in [-0.1, -0.05) is 0 Å². The molecule has 0 spiro atoms. The van der Waals surface area contributed by atoms with Crippen molar-refractivity contribution in [1.29, 1.82) is 0 Å². The fraction of sp³-hybridized carbons (Fsp3) is 0.385. The van der Waals surface area contributed by atoms with Crippen molar-refractivity contribution in [3.63, 3.8) is 0 Å². The van der Waals surface area contributed by atoms with Crippen LogP contribution in [0.25, 0.3) is 0 Å². The number of hydrogen-bond donors (Lipinski definition) is 1. The fourth-order valence-electron chi connectivity index (χ4n) is 1.62. The number of likely N-dealkylation sites (N-methyl/N-ethyl adjacent to an activating group) is 1. The maximum atomic E-state index is 13.0. The minimum absolute atomic E-state index is 0.0796. The van der Waals surface area contributed by atoms with Gasteiger partial charge in [0.1, 0.15) is 5.82 Å². The molecule has 6 heteroatoms. The number of aldehydes is 1. The second-order valence-electron chi connectivity index (χ2n) is 4.02. The molecule has 0 saturated heterocycles. The monoisotopic (exact) mass is 268 g/mol. The first-order valence-corrected chi connectivity index (χ1v) is 5.80. The molecular formula is C13H17FN2O3. The first kappa shape index (κ1) is 15.1. The zero-order valence-corrected chi connectivity index (χ0v) is 11.0. The Kier molecular flexibility index (Phi) is 5.95. The second-order valence-corrected chi connectivity index (χ2v) is 4.02. The highest BCUT2D eigenvalue weighted by molar-refractivity contribution is 5.87. The average molecular weight is 268 g/mol. The van der Waals surface area contributed by atoms with Crippen LogP contribution in [0, 0.1) is 5.82 Å². The second kappa shape index (κ2) is 7.48. The van der Waals surface area contributed by atoms with Crippen LogP contribution in [0.1, 0.15) is 10.4 Å². The van der Waals surface area contributed by atoms with Crippen LogP contribution in [0.4, 0.5) is 10.1 Å². The van der Waals surface area contributed by atoms with E-state index in [0.29, 0.717) is 25.1 Å². The minimum Gasteiger partial charge on any atom is -0.383 e. The number of nitrogens with one attached hydrogen (secondary N) is 1. The molecule has 0 heterocycles. The molecular weight excluding hydrogens is 251 g/mol. The molecule has 0 fully saturated rings. The minimum atomic E-state index is -0.483. The number of benzene rings is 1. The van der Waals surface area contributed by atoms with Crippen LogP contribution >= 0.6 is 0 Å². The SMILES string of the molecule is COCCNC(=O)CN(C)c1ccc(F)cc1C=O. The molecule has 0 atom stereocenters. The molecule has 0 aliphatic heterocycles. The highest BCUT2D eigenvalue weighted by atomic mass is 19.1. The number of anilines is 1. The van der Waals surface area contributed by atoms with Gasteiger partial charge in [-0.05, 0) is 18.2 Å². The molecule has 1 aromatic carbocycles. The van der Waals surface area contributed by atoms with E-state index in [2.05, 4.69) is 5.32 Å². The molecule has 0 aliphatic carbocycles. The van der Waals surface area contributed by atoms with E-state index in [1.165, 1.54) is 12.1 Å². The van der Waals surface area contributed by atoms with E-state index in [4.69, 9.17) is 4.74 Å². The Morgan fingerprint density at radius 2 is 2.26 bits per heavy atom. The fourth-order valence-corrected chi connectivity index (χ4v) is 1.62. The van der Waals surface area contributed by atoms with E-state index in [9.17, 15) is 14.0 Å². The van der Waals surface area contributed by atoms with E-state index in [1.54, 1.807) is 19.1 Å². The van der Waals surface area contributed by atoms with Crippen molar-refractivity contribution in [2.75, 3.05) is 38.8 Å². The van der Waals surface area contributed by atoms with Crippen molar-refractivity contribution in [3.8, 4) is 0 Å². The lowest BCUT2D eigenvalue weighted by molar-refractivity contribution is -0.119. The summed E-state index contributed by atoms with van der Waals surface area (Å²) in [5, 5.41) is 2.67. The Balaban J connectivity index is 2.64. The molecule has 1 aromatic rings. The standard InChI is InChI=1S/C13H17FN2O3/c1-16(8-13(18)15-5-6-19-2)12-4-3-11(14)7-10(12)9-17/h3-4,7,9H,5-6,8H2,1-2H3,(H,15,18). The third kappa shape index (κ3) is 4.67. The predicted octanol–water partition coefficient (Wildman–Crippen LogP) is 0.837. The molecule has 0 unspecified atom stereocenters. The summed E-state index contributed by atoms with van der Waals surface area (Å²) in [6.45, 7) is 0.939. The number of nitrogens with zero attached hydrogens (tertiary/aromatic N) is 1. The van der Waals surface area contributed by atoms with Gasteiger partial charge in [-0.2, -0.15) is 0 Å². The zero-order valence-electron chi connectivity index (χ0n) is 11.0. The van der Waals surface area contributed by atoms with Gasteiger partial charge in [0.15, 0.2) is 6.29 Å². The smallest absolute Gasteiger partial charge is 0.239 e. The van der Waals surface area contributed by atoms with Crippen LogP contribution < -0.4 is 10.2 Å². The van der Waals surface area contributed by atoms with Crippen molar-refractivity contribution in [2.24, 2.45) is 0 Å². The Morgan fingerprint density at radius 3 is 2.89 bits per heavy atom. The van der Waals surface area contributed by atoms with Crippen molar-refractivity contribution in [2.45, 2.75) is 0 Å². The third-order valence-corrected chi connectivity index (χ3v) is 2.54. The summed E-state index contributed by atoms with van der Waals surface area (Å²) in [5.41, 5.74) is 0.727. The molecule has 0 aromatic heterocycles. The summed E-state index contributed by atoms with van der Waals surface area (Å²) in [6, 6.07) is 3.87. The summed E-state index contributed by atoms with van der Waals surface area (Å²) in [5.74, 6) is -0.676. The molecule has 5 nitrogen and oxygen atoms in total. The Hall–Kier alpha value is -1.95. The van der Waals surface area contributed by atoms with Gasteiger partial charge in [0, 0.05) is 32.0 Å². The van der Waals surface area contributed by atoms with Gasteiger partial charge < -0.3 is 15.0 Å². The largest absolute Gasteiger partial charge is 0.383 e. The summed E-state index contributed by atoms with van der Waals surface area (Å²) >= 11 is 0. The van der Waals surface area contributed by atoms with Gasteiger partial charge in [0.2, 0.25) is 5.91 Å². The van der Waals surface area contributed by atoms with E-state index in [-0.39, 0.29) is 18.0 Å². The number of carbonyl (C=O) groups is 2. The Bertz CT molecular complexity index is 452. The van der Waals surface area contributed by atoms with Crippen LogP contribution in [0.15, 0.2) is 18.2 Å². The molecule has 104 valence electrons. The Morgan fingerprint density at radius 1 is 1.53 bits per heavy atom. The van der Waals surface area contributed by atoms with E-state index in [0.717, 1.165) is 6.07 Å². The van der Waals surface area contributed by atoms with Gasteiger partial charge in [-0.25, -0.2) is 4.39 Å². The number of carbonyl (C=O) groups excluding carboxylic acids is 2. The average Bonchev–Trinajstić information content (AvgIpc) is 2.38. The summed E-state index contributed by atoms with van der Waals surface area (Å²) in [7, 11) is 3.21. The van der Waals surface area contributed by atoms with Gasteiger partial charge in [-0.15, -0.1) is 0 Å². The van der Waals surface area contributed by atoms with Crippen molar-refractivity contribution in [1.82, 2.24) is 5.32 Å².